The zero-order valence-electron chi connectivity index (χ0n) is 12.2. The number of hydrogen-bond acceptors (Lipinski definition) is 7. The lowest BCUT2D eigenvalue weighted by atomic mass is 10.1. The minimum absolute atomic E-state index is 0.0977. The van der Waals surface area contributed by atoms with Crippen molar-refractivity contribution in [1.82, 2.24) is 9.97 Å². The van der Waals surface area contributed by atoms with Gasteiger partial charge in [-0.2, -0.15) is 0 Å². The van der Waals surface area contributed by atoms with Crippen molar-refractivity contribution >= 4 is 22.3 Å². The van der Waals surface area contributed by atoms with E-state index in [4.69, 9.17) is 8.83 Å². The van der Waals surface area contributed by atoms with Gasteiger partial charge in [0.2, 0.25) is 5.88 Å². The van der Waals surface area contributed by atoms with E-state index in [2.05, 4.69) is 9.97 Å². The van der Waals surface area contributed by atoms with Crippen LogP contribution in [0.5, 0.6) is 5.88 Å². The number of aromatic amines is 1. The van der Waals surface area contributed by atoms with Crippen molar-refractivity contribution in [3.05, 3.63) is 68.5 Å². The molecule has 0 aliphatic rings. The second-order valence-electron chi connectivity index (χ2n) is 5.30. The van der Waals surface area contributed by atoms with Crippen molar-refractivity contribution in [2.45, 2.75) is 12.5 Å². The third-order valence-electron chi connectivity index (χ3n) is 3.67. The number of fused-ring (bicyclic) bond motifs is 1. The number of thiazole rings is 1. The van der Waals surface area contributed by atoms with Crippen molar-refractivity contribution < 1.29 is 19.0 Å². The SMILES string of the molecule is O=c1[nH]c(O)c(Cc2ccc3oc(C(O)c4cocn4)cc3c2)s1. The van der Waals surface area contributed by atoms with E-state index in [9.17, 15) is 15.0 Å². The number of rotatable bonds is 4. The van der Waals surface area contributed by atoms with Gasteiger partial charge in [0.25, 0.3) is 0 Å². The van der Waals surface area contributed by atoms with Crippen LogP contribution in [0.2, 0.25) is 0 Å². The topological polar surface area (TPSA) is 112 Å². The normalized spacial score (nSPS) is 12.7. The van der Waals surface area contributed by atoms with Gasteiger partial charge in [0.15, 0.2) is 12.5 Å². The lowest BCUT2D eigenvalue weighted by Gasteiger charge is -2.01. The van der Waals surface area contributed by atoms with E-state index in [1.54, 1.807) is 12.1 Å². The van der Waals surface area contributed by atoms with E-state index in [0.29, 0.717) is 28.3 Å². The van der Waals surface area contributed by atoms with Gasteiger partial charge in [0, 0.05) is 11.8 Å². The molecule has 7 nitrogen and oxygen atoms in total. The number of nitrogens with one attached hydrogen (secondary N) is 1. The van der Waals surface area contributed by atoms with Crippen molar-refractivity contribution in [2.24, 2.45) is 0 Å². The Balaban J connectivity index is 1.66. The monoisotopic (exact) mass is 344 g/mol. The van der Waals surface area contributed by atoms with Gasteiger partial charge in [-0.25, -0.2) is 4.98 Å². The standard InChI is InChI=1S/C16H12N2O5S/c19-14(10-6-22-7-17-10)12-5-9-3-8(1-2-11(9)23-12)4-13-15(20)18-16(21)24-13/h1-3,5-7,14,19-20H,4H2,(H,18,21). The second kappa shape index (κ2) is 5.66. The number of benzene rings is 1. The van der Waals surface area contributed by atoms with E-state index in [-0.39, 0.29) is 10.8 Å². The minimum Gasteiger partial charge on any atom is -0.494 e. The van der Waals surface area contributed by atoms with E-state index in [1.165, 1.54) is 12.7 Å². The van der Waals surface area contributed by atoms with Gasteiger partial charge in [-0.05, 0) is 23.8 Å². The third-order valence-corrected chi connectivity index (χ3v) is 4.54. The number of aromatic nitrogens is 2. The predicted octanol–water partition coefficient (Wildman–Crippen LogP) is 2.55. The lowest BCUT2D eigenvalue weighted by Crippen LogP contribution is -1.97. The Kier molecular flexibility index (Phi) is 3.47. The van der Waals surface area contributed by atoms with Crippen LogP contribution in [0.1, 0.15) is 28.0 Å². The molecule has 4 rings (SSSR count). The highest BCUT2D eigenvalue weighted by Gasteiger charge is 2.18. The summed E-state index contributed by atoms with van der Waals surface area (Å²) in [5.41, 5.74) is 1.91. The molecule has 122 valence electrons. The van der Waals surface area contributed by atoms with E-state index >= 15 is 0 Å². The molecule has 0 fully saturated rings. The Hall–Kier alpha value is -2.84. The number of furan rings is 1. The average molecular weight is 344 g/mol. The van der Waals surface area contributed by atoms with Crippen LogP contribution in [0.15, 0.2) is 50.6 Å². The Morgan fingerprint density at radius 3 is 2.92 bits per heavy atom. The van der Waals surface area contributed by atoms with Gasteiger partial charge in [0.1, 0.15) is 23.3 Å². The molecule has 0 saturated carbocycles. The molecule has 0 aliphatic carbocycles. The Morgan fingerprint density at radius 2 is 2.21 bits per heavy atom. The highest BCUT2D eigenvalue weighted by atomic mass is 32.1. The molecule has 0 spiro atoms. The van der Waals surface area contributed by atoms with E-state index in [0.717, 1.165) is 22.3 Å². The maximum Gasteiger partial charge on any atom is 0.307 e. The van der Waals surface area contributed by atoms with Crippen LogP contribution in [-0.2, 0) is 6.42 Å². The van der Waals surface area contributed by atoms with Crippen molar-refractivity contribution in [3.63, 3.8) is 0 Å². The van der Waals surface area contributed by atoms with E-state index in [1.807, 2.05) is 12.1 Å². The molecule has 4 aromatic rings. The van der Waals surface area contributed by atoms with Crippen LogP contribution in [-0.4, -0.2) is 20.2 Å². The second-order valence-corrected chi connectivity index (χ2v) is 6.37. The first kappa shape index (κ1) is 14.7. The first-order valence-electron chi connectivity index (χ1n) is 7.09. The lowest BCUT2D eigenvalue weighted by molar-refractivity contribution is 0.187. The van der Waals surface area contributed by atoms with Crippen LogP contribution >= 0.6 is 11.3 Å². The molecular formula is C16H12N2O5S. The van der Waals surface area contributed by atoms with E-state index < -0.39 is 6.10 Å². The number of hydrogen-bond donors (Lipinski definition) is 3. The summed E-state index contributed by atoms with van der Waals surface area (Å²) in [6, 6.07) is 7.26. The quantitative estimate of drug-likeness (QED) is 0.524. The fourth-order valence-electron chi connectivity index (χ4n) is 2.52. The van der Waals surface area contributed by atoms with Gasteiger partial charge in [-0.1, -0.05) is 17.4 Å². The summed E-state index contributed by atoms with van der Waals surface area (Å²) in [6.07, 6.45) is 2.03. The number of H-pyrrole nitrogens is 1. The number of oxazole rings is 1. The Bertz CT molecular complexity index is 1040. The van der Waals surface area contributed by atoms with Crippen molar-refractivity contribution in [2.75, 3.05) is 0 Å². The van der Waals surface area contributed by atoms with Gasteiger partial charge in [-0.15, -0.1) is 0 Å². The fraction of sp³-hybridized carbons (Fsp3) is 0.125. The van der Waals surface area contributed by atoms with Crippen LogP contribution in [0.25, 0.3) is 11.0 Å². The molecule has 0 saturated heterocycles. The average Bonchev–Trinajstić information content (AvgIpc) is 3.27. The minimum atomic E-state index is -1.00. The molecular weight excluding hydrogens is 332 g/mol. The summed E-state index contributed by atoms with van der Waals surface area (Å²) in [5, 5.41) is 20.7. The molecule has 1 aromatic carbocycles. The number of nitrogens with zero attached hydrogens (tertiary/aromatic N) is 1. The van der Waals surface area contributed by atoms with Crippen molar-refractivity contribution in [3.8, 4) is 5.88 Å². The summed E-state index contributed by atoms with van der Waals surface area (Å²) in [4.78, 5) is 17.8. The molecule has 1 unspecified atom stereocenters. The molecule has 8 heteroatoms. The molecule has 3 heterocycles. The molecule has 24 heavy (non-hydrogen) atoms. The van der Waals surface area contributed by atoms with Crippen LogP contribution < -0.4 is 4.87 Å². The number of aliphatic hydroxyl groups is 1. The smallest absolute Gasteiger partial charge is 0.307 e. The fourth-order valence-corrected chi connectivity index (χ4v) is 3.28. The first-order chi connectivity index (χ1) is 11.6. The van der Waals surface area contributed by atoms with Crippen LogP contribution in [0, 0.1) is 0 Å². The predicted molar refractivity (Wildman–Crippen MR) is 86.2 cm³/mol. The van der Waals surface area contributed by atoms with Gasteiger partial charge < -0.3 is 19.0 Å². The third kappa shape index (κ3) is 2.61. The Labute approximate surface area is 138 Å². The molecule has 3 N–H and O–H groups in total. The largest absolute Gasteiger partial charge is 0.494 e. The highest BCUT2D eigenvalue weighted by molar-refractivity contribution is 7.09. The first-order valence-corrected chi connectivity index (χ1v) is 7.91. The summed E-state index contributed by atoms with van der Waals surface area (Å²) >= 11 is 0.980. The van der Waals surface area contributed by atoms with Crippen molar-refractivity contribution in [1.29, 1.82) is 0 Å². The summed E-state index contributed by atoms with van der Waals surface area (Å²) in [5.74, 6) is 0.268. The molecule has 1 atom stereocenters. The molecule has 0 aliphatic heterocycles. The van der Waals surface area contributed by atoms with Crippen LogP contribution in [0.3, 0.4) is 0 Å². The number of aromatic hydroxyl groups is 1. The van der Waals surface area contributed by atoms with Crippen LogP contribution in [0.4, 0.5) is 0 Å². The molecule has 0 amide bonds. The molecule has 0 bridgehead atoms. The Morgan fingerprint density at radius 1 is 1.33 bits per heavy atom. The zero-order valence-corrected chi connectivity index (χ0v) is 13.0. The highest BCUT2D eigenvalue weighted by Crippen LogP contribution is 2.29. The summed E-state index contributed by atoms with van der Waals surface area (Å²) in [6.45, 7) is 0. The van der Waals surface area contributed by atoms with Gasteiger partial charge in [0.05, 0.1) is 4.88 Å². The van der Waals surface area contributed by atoms with Gasteiger partial charge >= 0.3 is 4.87 Å². The number of aliphatic hydroxyl groups excluding tert-OH is 1. The maximum atomic E-state index is 11.3. The zero-order chi connectivity index (χ0) is 16.7. The van der Waals surface area contributed by atoms with Gasteiger partial charge in [-0.3, -0.25) is 9.78 Å². The maximum absolute atomic E-state index is 11.3. The summed E-state index contributed by atoms with van der Waals surface area (Å²) in [7, 11) is 0. The summed E-state index contributed by atoms with van der Waals surface area (Å²) < 4.78 is 10.5. The molecule has 0 radical (unpaired) electrons. The molecule has 3 aromatic heterocycles.